The Hall–Kier alpha value is -2.14. The Morgan fingerprint density at radius 2 is 1.89 bits per heavy atom. The summed E-state index contributed by atoms with van der Waals surface area (Å²) in [6, 6.07) is 5.13. The molecule has 5 heteroatoms. The van der Waals surface area contributed by atoms with Gasteiger partial charge in [0.05, 0.1) is 18.9 Å². The molecule has 5 nitrogen and oxygen atoms in total. The molecule has 0 unspecified atom stereocenters. The highest BCUT2D eigenvalue weighted by atomic mass is 16.4. The highest BCUT2D eigenvalue weighted by Gasteiger charge is 2.20. The Morgan fingerprint density at radius 3 is 2.44 bits per heavy atom. The molecule has 0 saturated heterocycles. The molecule has 3 N–H and O–H groups in total. The van der Waals surface area contributed by atoms with Gasteiger partial charge >= 0.3 is 0 Å². The number of rotatable bonds is 10. The molecule has 27 heavy (non-hydrogen) atoms. The van der Waals surface area contributed by atoms with Crippen LogP contribution in [0, 0.1) is 0 Å². The van der Waals surface area contributed by atoms with Crippen LogP contribution < -0.4 is 15.7 Å². The summed E-state index contributed by atoms with van der Waals surface area (Å²) in [5.74, 6) is -1.45. The Labute approximate surface area is 162 Å². The van der Waals surface area contributed by atoms with Gasteiger partial charge in [-0.3, -0.25) is 4.79 Å². The number of carboxylic acid groups (broad SMARTS) is 1. The second kappa shape index (κ2) is 10.9. The summed E-state index contributed by atoms with van der Waals surface area (Å²) >= 11 is 0. The number of carbonyl (C=O) groups is 2. The Morgan fingerprint density at radius 1 is 1.19 bits per heavy atom. The molecule has 0 radical (unpaired) electrons. The number of aryl methyl sites for hydroxylation is 2. The lowest BCUT2D eigenvalue weighted by atomic mass is 9.97. The van der Waals surface area contributed by atoms with Crippen molar-refractivity contribution in [3.63, 3.8) is 0 Å². The second-order valence-corrected chi connectivity index (χ2v) is 7.22. The number of benzene rings is 1. The van der Waals surface area contributed by atoms with Gasteiger partial charge in [0.15, 0.2) is 0 Å². The van der Waals surface area contributed by atoms with Crippen molar-refractivity contribution >= 4 is 17.6 Å². The van der Waals surface area contributed by atoms with Gasteiger partial charge in [-0.25, -0.2) is 0 Å². The van der Waals surface area contributed by atoms with E-state index in [9.17, 15) is 14.7 Å². The minimum absolute atomic E-state index is 0.0808. The largest absolute Gasteiger partial charge is 0.544 e. The molecule has 0 bridgehead atoms. The first-order valence-corrected chi connectivity index (χ1v) is 10.2. The number of hydrogen-bond acceptors (Lipinski definition) is 3. The predicted molar refractivity (Wildman–Crippen MR) is 105 cm³/mol. The van der Waals surface area contributed by atoms with E-state index in [1.807, 2.05) is 32.0 Å². The fraction of sp³-hybridized carbons (Fsp3) is 0.545. The summed E-state index contributed by atoms with van der Waals surface area (Å²) in [4.78, 5) is 24.0. The van der Waals surface area contributed by atoms with E-state index in [1.165, 1.54) is 18.4 Å². The monoisotopic (exact) mass is 372 g/mol. The van der Waals surface area contributed by atoms with Crippen molar-refractivity contribution in [2.75, 3.05) is 11.9 Å². The molecule has 1 aliphatic rings. The zero-order valence-corrected chi connectivity index (χ0v) is 16.6. The molecule has 0 fully saturated rings. The zero-order valence-electron chi connectivity index (χ0n) is 16.6. The summed E-state index contributed by atoms with van der Waals surface area (Å²) in [7, 11) is 0. The van der Waals surface area contributed by atoms with Gasteiger partial charge in [-0.05, 0) is 49.7 Å². The fourth-order valence-corrected chi connectivity index (χ4v) is 3.66. The molecule has 0 saturated carbocycles. The first kappa shape index (κ1) is 21.2. The normalized spacial score (nSPS) is 15.1. The van der Waals surface area contributed by atoms with Crippen LogP contribution in [-0.4, -0.2) is 24.5 Å². The molecule has 1 aromatic carbocycles. The third-order valence-corrected chi connectivity index (χ3v) is 5.27. The van der Waals surface area contributed by atoms with Crippen LogP contribution in [0.15, 0.2) is 29.8 Å². The molecular formula is C22H32N2O3. The van der Waals surface area contributed by atoms with Crippen molar-refractivity contribution in [2.24, 2.45) is 0 Å². The van der Waals surface area contributed by atoms with Gasteiger partial charge in [-0.15, -0.1) is 0 Å². The minimum atomic E-state index is -1.18. The first-order chi connectivity index (χ1) is 13.0. The number of hydrogen-bond donors (Lipinski definition) is 2. The maximum absolute atomic E-state index is 12.5. The number of aliphatic carboxylic acids is 1. The van der Waals surface area contributed by atoms with Crippen molar-refractivity contribution < 1.29 is 20.0 Å². The summed E-state index contributed by atoms with van der Waals surface area (Å²) in [6.07, 6.45) is 9.39. The van der Waals surface area contributed by atoms with Gasteiger partial charge in [0.1, 0.15) is 6.04 Å². The van der Waals surface area contributed by atoms with Crippen molar-refractivity contribution in [2.45, 2.75) is 71.3 Å². The maximum Gasteiger partial charge on any atom is 0.230 e. The highest BCUT2D eigenvalue weighted by Crippen LogP contribution is 2.23. The molecule has 0 heterocycles. The quantitative estimate of drug-likeness (QED) is 0.613. The molecule has 0 spiro atoms. The van der Waals surface area contributed by atoms with E-state index >= 15 is 0 Å². The molecule has 1 aliphatic carbocycles. The van der Waals surface area contributed by atoms with Crippen LogP contribution in [0.5, 0.6) is 0 Å². The molecular weight excluding hydrogens is 340 g/mol. The summed E-state index contributed by atoms with van der Waals surface area (Å²) in [5.41, 5.74) is 4.38. The summed E-state index contributed by atoms with van der Waals surface area (Å²) < 4.78 is 0. The SMILES string of the molecule is CCc1cccc(CC)c1NC(=O)C[C@@H]([NH2+]CCC1=CCCCC1)C(=O)[O-]. The van der Waals surface area contributed by atoms with Crippen LogP contribution in [0.1, 0.15) is 63.5 Å². The molecule has 1 atom stereocenters. The Kier molecular flexibility index (Phi) is 8.52. The number of nitrogens with one attached hydrogen (secondary N) is 1. The van der Waals surface area contributed by atoms with E-state index in [0.29, 0.717) is 6.54 Å². The maximum atomic E-state index is 12.5. The fourth-order valence-electron chi connectivity index (χ4n) is 3.66. The second-order valence-electron chi connectivity index (χ2n) is 7.22. The van der Waals surface area contributed by atoms with E-state index in [0.717, 1.165) is 48.9 Å². The van der Waals surface area contributed by atoms with Crippen LogP contribution in [0.2, 0.25) is 0 Å². The van der Waals surface area contributed by atoms with Gasteiger partial charge in [0, 0.05) is 12.1 Å². The summed E-state index contributed by atoms with van der Waals surface area (Å²) in [6.45, 7) is 4.76. The van der Waals surface area contributed by atoms with E-state index in [1.54, 1.807) is 5.32 Å². The Bertz CT molecular complexity index is 660. The number of carboxylic acids is 1. The third kappa shape index (κ3) is 6.51. The average molecular weight is 373 g/mol. The van der Waals surface area contributed by atoms with Crippen LogP contribution in [0.25, 0.3) is 0 Å². The molecule has 1 amide bonds. The van der Waals surface area contributed by atoms with E-state index in [2.05, 4.69) is 11.4 Å². The van der Waals surface area contributed by atoms with Crippen LogP contribution in [-0.2, 0) is 22.4 Å². The molecule has 2 rings (SSSR count). The van der Waals surface area contributed by atoms with Crippen LogP contribution in [0.3, 0.4) is 0 Å². The van der Waals surface area contributed by atoms with Crippen molar-refractivity contribution in [1.82, 2.24) is 0 Å². The molecule has 1 aromatic rings. The highest BCUT2D eigenvalue weighted by molar-refractivity contribution is 5.94. The van der Waals surface area contributed by atoms with Gasteiger partial charge in [-0.1, -0.05) is 43.7 Å². The topological polar surface area (TPSA) is 85.8 Å². The zero-order chi connectivity index (χ0) is 19.6. The number of para-hydroxylation sites is 1. The van der Waals surface area contributed by atoms with Crippen molar-refractivity contribution in [1.29, 1.82) is 0 Å². The van der Waals surface area contributed by atoms with Gasteiger partial charge in [0.25, 0.3) is 0 Å². The number of quaternary nitrogens is 1. The van der Waals surface area contributed by atoms with Crippen molar-refractivity contribution in [3.8, 4) is 0 Å². The van der Waals surface area contributed by atoms with E-state index in [-0.39, 0.29) is 12.3 Å². The Balaban J connectivity index is 1.93. The number of anilines is 1. The number of carbonyl (C=O) groups excluding carboxylic acids is 2. The van der Waals surface area contributed by atoms with Crippen LogP contribution in [0.4, 0.5) is 5.69 Å². The molecule has 0 aliphatic heterocycles. The third-order valence-electron chi connectivity index (χ3n) is 5.27. The lowest BCUT2D eigenvalue weighted by molar-refractivity contribution is -0.682. The van der Waals surface area contributed by atoms with Gasteiger partial charge in [-0.2, -0.15) is 0 Å². The van der Waals surface area contributed by atoms with Gasteiger partial charge in [0.2, 0.25) is 5.91 Å². The lowest BCUT2D eigenvalue weighted by Crippen LogP contribution is -2.93. The smallest absolute Gasteiger partial charge is 0.230 e. The standard InChI is InChI=1S/C22H32N2O3/c1-3-17-11-8-12-18(4-2)21(17)24-20(25)15-19(22(26)27)23-14-13-16-9-6-5-7-10-16/h8-9,11-12,19,23H,3-7,10,13-15H2,1-2H3,(H,24,25)(H,26,27)/t19-/m1/s1. The van der Waals surface area contributed by atoms with Crippen LogP contribution >= 0.6 is 0 Å². The first-order valence-electron chi connectivity index (χ1n) is 10.2. The van der Waals surface area contributed by atoms with Crippen molar-refractivity contribution in [3.05, 3.63) is 41.0 Å². The molecule has 0 aromatic heterocycles. The average Bonchev–Trinajstić information content (AvgIpc) is 2.68. The predicted octanol–water partition coefficient (Wildman–Crippen LogP) is 1.71. The lowest BCUT2D eigenvalue weighted by Gasteiger charge is -2.19. The van der Waals surface area contributed by atoms with E-state index < -0.39 is 12.0 Å². The van der Waals surface area contributed by atoms with Gasteiger partial charge < -0.3 is 20.5 Å². The number of amides is 1. The van der Waals surface area contributed by atoms with E-state index in [4.69, 9.17) is 0 Å². The minimum Gasteiger partial charge on any atom is -0.544 e. The number of nitrogens with two attached hydrogens (primary N) is 1. The molecule has 148 valence electrons. The summed E-state index contributed by atoms with van der Waals surface area (Å²) in [5, 5.41) is 16.2. The number of allylic oxidation sites excluding steroid dienone is 1.